The first-order chi connectivity index (χ1) is 9.49. The van der Waals surface area contributed by atoms with Crippen molar-refractivity contribution in [3.8, 4) is 6.07 Å². The fourth-order valence-electron chi connectivity index (χ4n) is 2.36. The minimum Gasteiger partial charge on any atom is -0.372 e. The Morgan fingerprint density at radius 1 is 1.40 bits per heavy atom. The van der Waals surface area contributed by atoms with Crippen molar-refractivity contribution in [3.63, 3.8) is 0 Å². The van der Waals surface area contributed by atoms with Gasteiger partial charge in [0.2, 0.25) is 0 Å². The molecule has 0 bridgehead atoms. The lowest BCUT2D eigenvalue weighted by Crippen LogP contribution is -2.49. The number of hydrogen-bond donors (Lipinski definition) is 1. The number of benzene rings is 1. The molecule has 0 aliphatic carbocycles. The van der Waals surface area contributed by atoms with Gasteiger partial charge in [0, 0.05) is 18.8 Å². The smallest absolute Gasteiger partial charge is 0.322 e. The Morgan fingerprint density at radius 3 is 2.65 bits per heavy atom. The van der Waals surface area contributed by atoms with E-state index in [0.717, 1.165) is 5.56 Å². The standard InChI is InChI=1S/C15H19N3O2/c1-10-4-5-13(7-16)6-14(10)17-15(19)18-8-11(2)20-12(3)9-18/h4-6,11-12H,8-9H2,1-3H3,(H,17,19)/t11-,12-/m1/s1. The molecule has 1 aromatic carbocycles. The van der Waals surface area contributed by atoms with E-state index in [1.165, 1.54) is 0 Å². The van der Waals surface area contributed by atoms with Crippen molar-refractivity contribution < 1.29 is 9.53 Å². The minimum atomic E-state index is -0.148. The van der Waals surface area contributed by atoms with Crippen LogP contribution in [-0.2, 0) is 4.74 Å². The van der Waals surface area contributed by atoms with E-state index in [0.29, 0.717) is 24.3 Å². The van der Waals surface area contributed by atoms with Crippen molar-refractivity contribution in [1.82, 2.24) is 4.90 Å². The van der Waals surface area contributed by atoms with Gasteiger partial charge in [0.15, 0.2) is 0 Å². The van der Waals surface area contributed by atoms with Crippen molar-refractivity contribution in [2.45, 2.75) is 33.0 Å². The van der Waals surface area contributed by atoms with E-state index in [9.17, 15) is 4.79 Å². The van der Waals surface area contributed by atoms with Gasteiger partial charge in [0.25, 0.3) is 0 Å². The number of morpholine rings is 1. The number of nitrogens with one attached hydrogen (secondary N) is 1. The van der Waals surface area contributed by atoms with Crippen molar-refractivity contribution >= 4 is 11.7 Å². The van der Waals surface area contributed by atoms with Crippen LogP contribution < -0.4 is 5.32 Å². The zero-order chi connectivity index (χ0) is 14.7. The molecular weight excluding hydrogens is 254 g/mol. The summed E-state index contributed by atoms with van der Waals surface area (Å²) in [6.07, 6.45) is 0.0760. The lowest BCUT2D eigenvalue weighted by molar-refractivity contribution is -0.0530. The van der Waals surface area contributed by atoms with Gasteiger partial charge < -0.3 is 15.0 Å². The molecule has 1 aromatic rings. The second-order valence-corrected chi connectivity index (χ2v) is 5.23. The van der Waals surface area contributed by atoms with E-state index >= 15 is 0 Å². The largest absolute Gasteiger partial charge is 0.372 e. The average molecular weight is 273 g/mol. The van der Waals surface area contributed by atoms with Crippen LogP contribution in [0.2, 0.25) is 0 Å². The van der Waals surface area contributed by atoms with Crippen LogP contribution in [0.1, 0.15) is 25.0 Å². The third-order valence-corrected chi connectivity index (χ3v) is 3.32. The third kappa shape index (κ3) is 3.28. The fraction of sp³-hybridized carbons (Fsp3) is 0.467. The molecule has 0 unspecified atom stereocenters. The molecule has 1 aliphatic heterocycles. The van der Waals surface area contributed by atoms with Crippen molar-refractivity contribution in [2.24, 2.45) is 0 Å². The number of aryl methyl sites for hydroxylation is 1. The second kappa shape index (κ2) is 5.93. The van der Waals surface area contributed by atoms with Crippen LogP contribution >= 0.6 is 0 Å². The first-order valence-electron chi connectivity index (χ1n) is 6.71. The first-order valence-corrected chi connectivity index (χ1v) is 6.71. The molecule has 1 fully saturated rings. The number of carbonyl (C=O) groups is 1. The molecule has 0 aromatic heterocycles. The molecule has 106 valence electrons. The lowest BCUT2D eigenvalue weighted by Gasteiger charge is -2.35. The van der Waals surface area contributed by atoms with Crippen molar-refractivity contribution in [2.75, 3.05) is 18.4 Å². The van der Waals surface area contributed by atoms with Crippen LogP contribution in [-0.4, -0.2) is 36.2 Å². The predicted molar refractivity (Wildman–Crippen MR) is 76.5 cm³/mol. The number of ether oxygens (including phenoxy) is 1. The molecule has 5 heteroatoms. The summed E-state index contributed by atoms with van der Waals surface area (Å²) in [5.41, 5.74) is 2.15. The highest BCUT2D eigenvalue weighted by atomic mass is 16.5. The van der Waals surface area contributed by atoms with E-state index in [2.05, 4.69) is 11.4 Å². The highest BCUT2D eigenvalue weighted by Crippen LogP contribution is 2.18. The zero-order valence-corrected chi connectivity index (χ0v) is 12.0. The molecule has 0 radical (unpaired) electrons. The molecule has 2 amide bonds. The Kier molecular flexibility index (Phi) is 4.26. The number of rotatable bonds is 1. The zero-order valence-electron chi connectivity index (χ0n) is 12.0. The number of nitriles is 1. The summed E-state index contributed by atoms with van der Waals surface area (Å²) < 4.78 is 5.61. The highest BCUT2D eigenvalue weighted by Gasteiger charge is 2.26. The lowest BCUT2D eigenvalue weighted by atomic mass is 10.1. The molecule has 0 saturated carbocycles. The summed E-state index contributed by atoms with van der Waals surface area (Å²) >= 11 is 0. The number of carbonyl (C=O) groups excluding carboxylic acids is 1. The Bertz CT molecular complexity index is 541. The summed E-state index contributed by atoms with van der Waals surface area (Å²) in [6.45, 7) is 6.97. The Labute approximate surface area is 119 Å². The Balaban J connectivity index is 2.10. The van der Waals surface area contributed by atoms with Crippen molar-refractivity contribution in [1.29, 1.82) is 5.26 Å². The molecule has 2 rings (SSSR count). The average Bonchev–Trinajstić information content (AvgIpc) is 2.40. The summed E-state index contributed by atoms with van der Waals surface area (Å²) in [5.74, 6) is 0. The maximum atomic E-state index is 12.3. The van der Waals surface area contributed by atoms with E-state index in [1.54, 1.807) is 17.0 Å². The summed E-state index contributed by atoms with van der Waals surface area (Å²) in [4.78, 5) is 14.0. The summed E-state index contributed by atoms with van der Waals surface area (Å²) in [5, 5.41) is 11.8. The normalized spacial score (nSPS) is 22.2. The van der Waals surface area contributed by atoms with Crippen LogP contribution in [0.3, 0.4) is 0 Å². The summed E-state index contributed by atoms with van der Waals surface area (Å²) in [6, 6.07) is 7.20. The molecule has 5 nitrogen and oxygen atoms in total. The van der Waals surface area contributed by atoms with E-state index in [-0.39, 0.29) is 18.2 Å². The van der Waals surface area contributed by atoms with Crippen LogP contribution in [0.15, 0.2) is 18.2 Å². The van der Waals surface area contributed by atoms with E-state index in [4.69, 9.17) is 10.00 Å². The Morgan fingerprint density at radius 2 is 2.05 bits per heavy atom. The van der Waals surface area contributed by atoms with Gasteiger partial charge in [0.1, 0.15) is 0 Å². The maximum absolute atomic E-state index is 12.3. The van der Waals surface area contributed by atoms with Gasteiger partial charge in [-0.05, 0) is 38.5 Å². The van der Waals surface area contributed by atoms with Crippen LogP contribution in [0, 0.1) is 18.3 Å². The van der Waals surface area contributed by atoms with E-state index in [1.807, 2.05) is 26.8 Å². The Hall–Kier alpha value is -2.06. The second-order valence-electron chi connectivity index (χ2n) is 5.23. The molecule has 1 saturated heterocycles. The minimum absolute atomic E-state index is 0.0380. The molecule has 1 heterocycles. The summed E-state index contributed by atoms with van der Waals surface area (Å²) in [7, 11) is 0. The number of urea groups is 1. The van der Waals surface area contributed by atoms with Crippen LogP contribution in [0.4, 0.5) is 10.5 Å². The van der Waals surface area contributed by atoms with E-state index < -0.39 is 0 Å². The molecule has 0 spiro atoms. The number of anilines is 1. The first kappa shape index (κ1) is 14.4. The van der Waals surface area contributed by atoms with Gasteiger partial charge in [-0.1, -0.05) is 6.07 Å². The number of nitrogens with zero attached hydrogens (tertiary/aromatic N) is 2. The predicted octanol–water partition coefficient (Wildman–Crippen LogP) is 2.51. The fourth-order valence-corrected chi connectivity index (χ4v) is 2.36. The van der Waals surface area contributed by atoms with Gasteiger partial charge in [-0.25, -0.2) is 4.79 Å². The third-order valence-electron chi connectivity index (χ3n) is 3.32. The molecule has 1 aliphatic rings. The van der Waals surface area contributed by atoms with Gasteiger partial charge in [-0.2, -0.15) is 5.26 Å². The van der Waals surface area contributed by atoms with Gasteiger partial charge >= 0.3 is 6.03 Å². The number of amides is 2. The highest BCUT2D eigenvalue weighted by molar-refractivity contribution is 5.90. The SMILES string of the molecule is Cc1ccc(C#N)cc1NC(=O)N1C[C@@H](C)O[C@H](C)C1. The topological polar surface area (TPSA) is 65.4 Å². The van der Waals surface area contributed by atoms with Gasteiger partial charge in [0.05, 0.1) is 23.8 Å². The number of hydrogen-bond acceptors (Lipinski definition) is 3. The van der Waals surface area contributed by atoms with Gasteiger partial charge in [-0.3, -0.25) is 0 Å². The monoisotopic (exact) mass is 273 g/mol. The van der Waals surface area contributed by atoms with Crippen LogP contribution in [0.25, 0.3) is 0 Å². The molecular formula is C15H19N3O2. The molecule has 2 atom stereocenters. The maximum Gasteiger partial charge on any atom is 0.322 e. The molecule has 20 heavy (non-hydrogen) atoms. The van der Waals surface area contributed by atoms with Crippen molar-refractivity contribution in [3.05, 3.63) is 29.3 Å². The van der Waals surface area contributed by atoms with Gasteiger partial charge in [-0.15, -0.1) is 0 Å². The quantitative estimate of drug-likeness (QED) is 0.855. The molecule has 1 N–H and O–H groups in total. The van der Waals surface area contributed by atoms with Crippen LogP contribution in [0.5, 0.6) is 0 Å².